The number of amides is 1. The average Bonchev–Trinajstić information content (AvgIpc) is 2.74. The lowest BCUT2D eigenvalue weighted by molar-refractivity contribution is -0.157. The first-order chi connectivity index (χ1) is 14.5. The SMILES string of the molecule is CCO[C@@H]1CO[C@@H](C(=O)N2CCc3ccccc3[C@@H]2c2ccc(F)cc2F)C[C@@H]1N. The van der Waals surface area contributed by atoms with Crippen molar-refractivity contribution >= 4 is 5.91 Å². The molecule has 2 aliphatic heterocycles. The Morgan fingerprint density at radius 1 is 1.23 bits per heavy atom. The van der Waals surface area contributed by atoms with Gasteiger partial charge in [0, 0.05) is 37.2 Å². The summed E-state index contributed by atoms with van der Waals surface area (Å²) < 4.78 is 39.7. The molecular formula is C23H26F2N2O3. The van der Waals surface area contributed by atoms with Crippen molar-refractivity contribution in [1.82, 2.24) is 4.90 Å². The molecule has 0 unspecified atom stereocenters. The van der Waals surface area contributed by atoms with E-state index >= 15 is 0 Å². The standard InChI is InChI=1S/C23H26F2N2O3/c1-2-29-21-13-30-20(12-19(21)26)23(28)27-10-9-14-5-3-4-6-16(14)22(27)17-8-7-15(24)11-18(17)25/h3-8,11,19-22H,2,9-10,12-13,26H2,1H3/t19-,20+,21+,22+/m0/s1. The third-order valence-electron chi connectivity index (χ3n) is 5.91. The van der Waals surface area contributed by atoms with E-state index in [2.05, 4.69) is 0 Å². The summed E-state index contributed by atoms with van der Waals surface area (Å²) in [7, 11) is 0. The molecule has 0 bridgehead atoms. The summed E-state index contributed by atoms with van der Waals surface area (Å²) in [6.07, 6.45) is 0.0291. The molecule has 7 heteroatoms. The van der Waals surface area contributed by atoms with E-state index in [-0.39, 0.29) is 30.2 Å². The second kappa shape index (κ2) is 8.79. The Balaban J connectivity index is 1.65. The minimum Gasteiger partial charge on any atom is -0.374 e. The van der Waals surface area contributed by atoms with E-state index in [1.807, 2.05) is 31.2 Å². The summed E-state index contributed by atoms with van der Waals surface area (Å²) in [6.45, 7) is 3.07. The summed E-state index contributed by atoms with van der Waals surface area (Å²) in [6, 6.07) is 10.2. The highest BCUT2D eigenvalue weighted by molar-refractivity contribution is 5.82. The molecule has 0 saturated carbocycles. The molecule has 0 radical (unpaired) electrons. The van der Waals surface area contributed by atoms with Crippen LogP contribution in [0.1, 0.15) is 36.1 Å². The van der Waals surface area contributed by atoms with Crippen LogP contribution in [0.2, 0.25) is 0 Å². The van der Waals surface area contributed by atoms with Gasteiger partial charge in [-0.2, -0.15) is 0 Å². The third kappa shape index (κ3) is 3.97. The molecule has 2 N–H and O–H groups in total. The van der Waals surface area contributed by atoms with E-state index < -0.39 is 23.8 Å². The molecule has 2 aliphatic rings. The number of carbonyl (C=O) groups is 1. The first-order valence-corrected chi connectivity index (χ1v) is 10.3. The lowest BCUT2D eigenvalue weighted by Gasteiger charge is -2.41. The summed E-state index contributed by atoms with van der Waals surface area (Å²) in [4.78, 5) is 15.1. The van der Waals surface area contributed by atoms with Gasteiger partial charge in [-0.3, -0.25) is 4.79 Å². The van der Waals surface area contributed by atoms with Crippen molar-refractivity contribution in [3.8, 4) is 0 Å². The van der Waals surface area contributed by atoms with Gasteiger partial charge in [-0.25, -0.2) is 8.78 Å². The predicted octanol–water partition coefficient (Wildman–Crippen LogP) is 2.96. The molecule has 160 valence electrons. The van der Waals surface area contributed by atoms with Gasteiger partial charge in [0.2, 0.25) is 0 Å². The maximum atomic E-state index is 14.8. The van der Waals surface area contributed by atoms with E-state index in [9.17, 15) is 13.6 Å². The highest BCUT2D eigenvalue weighted by Gasteiger charge is 2.40. The van der Waals surface area contributed by atoms with E-state index in [0.717, 1.165) is 17.2 Å². The summed E-state index contributed by atoms with van der Waals surface area (Å²) in [5.74, 6) is -1.56. The lowest BCUT2D eigenvalue weighted by Crippen LogP contribution is -2.54. The largest absolute Gasteiger partial charge is 0.374 e. The van der Waals surface area contributed by atoms with Crippen molar-refractivity contribution in [2.45, 2.75) is 44.1 Å². The second-order valence-electron chi connectivity index (χ2n) is 7.76. The lowest BCUT2D eigenvalue weighted by atomic mass is 9.87. The topological polar surface area (TPSA) is 64.8 Å². The Bertz CT molecular complexity index is 923. The van der Waals surface area contributed by atoms with E-state index in [1.54, 1.807) is 4.90 Å². The van der Waals surface area contributed by atoms with E-state index in [1.165, 1.54) is 12.1 Å². The number of hydrogen-bond acceptors (Lipinski definition) is 4. The van der Waals surface area contributed by atoms with Crippen LogP contribution in [-0.4, -0.2) is 48.8 Å². The second-order valence-corrected chi connectivity index (χ2v) is 7.76. The van der Waals surface area contributed by atoms with Crippen molar-refractivity contribution in [3.63, 3.8) is 0 Å². The van der Waals surface area contributed by atoms with Crippen LogP contribution in [0.3, 0.4) is 0 Å². The molecular weight excluding hydrogens is 390 g/mol. The number of ether oxygens (including phenoxy) is 2. The molecule has 1 fully saturated rings. The van der Waals surface area contributed by atoms with Gasteiger partial charge in [0.1, 0.15) is 17.7 Å². The molecule has 5 nitrogen and oxygen atoms in total. The fourth-order valence-electron chi connectivity index (χ4n) is 4.41. The van der Waals surface area contributed by atoms with Crippen molar-refractivity contribution in [2.24, 2.45) is 5.73 Å². The van der Waals surface area contributed by atoms with Gasteiger partial charge in [-0.15, -0.1) is 0 Å². The molecule has 0 aromatic heterocycles. The zero-order valence-corrected chi connectivity index (χ0v) is 16.9. The fraction of sp³-hybridized carbons (Fsp3) is 0.435. The molecule has 2 heterocycles. The molecule has 1 saturated heterocycles. The van der Waals surface area contributed by atoms with Crippen molar-refractivity contribution in [3.05, 3.63) is 70.8 Å². The number of nitrogens with two attached hydrogens (primary N) is 1. The van der Waals surface area contributed by atoms with E-state index in [0.29, 0.717) is 26.0 Å². The van der Waals surface area contributed by atoms with Gasteiger partial charge in [0.15, 0.2) is 0 Å². The Morgan fingerprint density at radius 3 is 2.77 bits per heavy atom. The molecule has 4 rings (SSSR count). The van der Waals surface area contributed by atoms with Gasteiger partial charge >= 0.3 is 0 Å². The van der Waals surface area contributed by atoms with Gasteiger partial charge < -0.3 is 20.1 Å². The van der Waals surface area contributed by atoms with Crippen LogP contribution in [0.25, 0.3) is 0 Å². The molecule has 0 spiro atoms. The van der Waals surface area contributed by atoms with Gasteiger partial charge in [0.25, 0.3) is 5.91 Å². The Labute approximate surface area is 174 Å². The summed E-state index contributed by atoms with van der Waals surface area (Å²) in [5, 5.41) is 0. The van der Waals surface area contributed by atoms with Crippen LogP contribution >= 0.6 is 0 Å². The Morgan fingerprint density at radius 2 is 2.03 bits per heavy atom. The predicted molar refractivity (Wildman–Crippen MR) is 108 cm³/mol. The monoisotopic (exact) mass is 416 g/mol. The molecule has 0 aliphatic carbocycles. The van der Waals surface area contributed by atoms with Crippen LogP contribution in [0.15, 0.2) is 42.5 Å². The van der Waals surface area contributed by atoms with Crippen molar-refractivity contribution < 1.29 is 23.0 Å². The number of halogens is 2. The van der Waals surface area contributed by atoms with Crippen LogP contribution in [0, 0.1) is 11.6 Å². The number of fused-ring (bicyclic) bond motifs is 1. The van der Waals surface area contributed by atoms with Crippen molar-refractivity contribution in [1.29, 1.82) is 0 Å². The van der Waals surface area contributed by atoms with Gasteiger partial charge in [-0.1, -0.05) is 30.3 Å². The molecule has 30 heavy (non-hydrogen) atoms. The molecule has 1 amide bonds. The zero-order chi connectivity index (χ0) is 21.3. The highest BCUT2D eigenvalue weighted by atomic mass is 19.1. The third-order valence-corrected chi connectivity index (χ3v) is 5.91. The van der Waals surface area contributed by atoms with Gasteiger partial charge in [0.05, 0.1) is 18.8 Å². The van der Waals surface area contributed by atoms with Crippen LogP contribution < -0.4 is 5.73 Å². The Hall–Kier alpha value is -2.35. The number of carbonyl (C=O) groups excluding carboxylic acids is 1. The normalized spacial score (nSPS) is 26.3. The van der Waals surface area contributed by atoms with Gasteiger partial charge in [-0.05, 0) is 30.5 Å². The molecule has 2 aromatic rings. The summed E-state index contributed by atoms with van der Waals surface area (Å²) in [5.41, 5.74) is 8.37. The van der Waals surface area contributed by atoms with E-state index in [4.69, 9.17) is 15.2 Å². The maximum Gasteiger partial charge on any atom is 0.252 e. The first kappa shape index (κ1) is 20.9. The number of benzene rings is 2. The molecule has 4 atom stereocenters. The van der Waals surface area contributed by atoms with Crippen LogP contribution in [0.4, 0.5) is 8.78 Å². The Kier molecular flexibility index (Phi) is 6.13. The first-order valence-electron chi connectivity index (χ1n) is 10.3. The van der Waals surface area contributed by atoms with Crippen LogP contribution in [-0.2, 0) is 20.7 Å². The number of nitrogens with zero attached hydrogens (tertiary/aromatic N) is 1. The minimum atomic E-state index is -0.715. The summed E-state index contributed by atoms with van der Waals surface area (Å²) >= 11 is 0. The number of rotatable bonds is 4. The van der Waals surface area contributed by atoms with Crippen molar-refractivity contribution in [2.75, 3.05) is 19.8 Å². The molecule has 2 aromatic carbocycles. The average molecular weight is 416 g/mol. The maximum absolute atomic E-state index is 14.8. The zero-order valence-electron chi connectivity index (χ0n) is 16.9. The highest BCUT2D eigenvalue weighted by Crippen LogP contribution is 2.37. The number of hydrogen-bond donors (Lipinski definition) is 1. The fourth-order valence-corrected chi connectivity index (χ4v) is 4.41. The minimum absolute atomic E-state index is 0.233. The van der Waals surface area contributed by atoms with Crippen LogP contribution in [0.5, 0.6) is 0 Å². The smallest absolute Gasteiger partial charge is 0.252 e. The quantitative estimate of drug-likeness (QED) is 0.832.